The molecular weight excluding hydrogens is 200 g/mol. The summed E-state index contributed by atoms with van der Waals surface area (Å²) in [5, 5.41) is 0. The molecule has 0 aliphatic heterocycles. The predicted molar refractivity (Wildman–Crippen MR) is 65.0 cm³/mol. The Morgan fingerprint density at radius 1 is 1.19 bits per heavy atom. The molecule has 2 atom stereocenters. The first kappa shape index (κ1) is 11.9. The maximum atomic E-state index is 12.1. The summed E-state index contributed by atoms with van der Waals surface area (Å²) in [7, 11) is 1.97. The molecule has 0 unspecified atom stereocenters. The highest BCUT2D eigenvalue weighted by atomic mass is 16.2. The van der Waals surface area contributed by atoms with Gasteiger partial charge in [0.05, 0.1) is 0 Å². The van der Waals surface area contributed by atoms with Crippen LogP contribution in [0.15, 0.2) is 0 Å². The standard InChI is InChI=1S/C13H24N2O/c1-15(11-6-2-3-7-11)13(16)9-10-5-4-8-12(10)14/h10-12H,2-9,14H2,1H3/t10-,12+/m0/s1. The molecule has 0 aromatic carbocycles. The number of amides is 1. The number of hydrogen-bond donors (Lipinski definition) is 1. The Bertz CT molecular complexity index is 248. The molecule has 3 nitrogen and oxygen atoms in total. The van der Waals surface area contributed by atoms with Crippen LogP contribution < -0.4 is 5.73 Å². The molecule has 0 aromatic heterocycles. The molecule has 2 aliphatic carbocycles. The molecule has 2 rings (SSSR count). The molecule has 0 radical (unpaired) electrons. The van der Waals surface area contributed by atoms with Gasteiger partial charge in [0.25, 0.3) is 0 Å². The number of nitrogens with two attached hydrogens (primary N) is 1. The van der Waals surface area contributed by atoms with Crippen LogP contribution in [0.5, 0.6) is 0 Å². The number of carbonyl (C=O) groups is 1. The Balaban J connectivity index is 1.82. The van der Waals surface area contributed by atoms with Gasteiger partial charge in [0.2, 0.25) is 5.91 Å². The molecule has 2 saturated carbocycles. The Morgan fingerprint density at radius 3 is 2.44 bits per heavy atom. The average Bonchev–Trinajstić information content (AvgIpc) is 2.89. The molecule has 16 heavy (non-hydrogen) atoms. The Labute approximate surface area is 98.4 Å². The van der Waals surface area contributed by atoms with E-state index in [2.05, 4.69) is 0 Å². The molecule has 92 valence electrons. The molecule has 2 aliphatic rings. The largest absolute Gasteiger partial charge is 0.343 e. The summed E-state index contributed by atoms with van der Waals surface area (Å²) < 4.78 is 0. The Hall–Kier alpha value is -0.570. The van der Waals surface area contributed by atoms with Gasteiger partial charge < -0.3 is 10.6 Å². The number of nitrogens with zero attached hydrogens (tertiary/aromatic N) is 1. The van der Waals surface area contributed by atoms with Crippen molar-refractivity contribution in [2.75, 3.05) is 7.05 Å². The van der Waals surface area contributed by atoms with E-state index in [1.54, 1.807) is 0 Å². The quantitative estimate of drug-likeness (QED) is 0.796. The van der Waals surface area contributed by atoms with Crippen molar-refractivity contribution in [3.8, 4) is 0 Å². The van der Waals surface area contributed by atoms with E-state index >= 15 is 0 Å². The SMILES string of the molecule is CN(C(=O)C[C@@H]1CCC[C@H]1N)C1CCCC1. The van der Waals surface area contributed by atoms with E-state index < -0.39 is 0 Å². The third-order valence-electron chi connectivity index (χ3n) is 4.42. The molecule has 0 heterocycles. The summed E-state index contributed by atoms with van der Waals surface area (Å²) >= 11 is 0. The lowest BCUT2D eigenvalue weighted by atomic mass is 9.99. The molecular formula is C13H24N2O. The lowest BCUT2D eigenvalue weighted by molar-refractivity contribution is -0.132. The van der Waals surface area contributed by atoms with Gasteiger partial charge in [-0.1, -0.05) is 19.3 Å². The maximum absolute atomic E-state index is 12.1. The molecule has 0 spiro atoms. The van der Waals surface area contributed by atoms with Crippen molar-refractivity contribution in [1.82, 2.24) is 4.90 Å². The lowest BCUT2D eigenvalue weighted by Gasteiger charge is -2.26. The third kappa shape index (κ3) is 2.57. The maximum Gasteiger partial charge on any atom is 0.222 e. The second kappa shape index (κ2) is 5.17. The van der Waals surface area contributed by atoms with E-state index in [-0.39, 0.29) is 6.04 Å². The van der Waals surface area contributed by atoms with Crippen LogP contribution >= 0.6 is 0 Å². The van der Waals surface area contributed by atoms with E-state index in [9.17, 15) is 4.79 Å². The summed E-state index contributed by atoms with van der Waals surface area (Å²) in [6.07, 6.45) is 9.07. The van der Waals surface area contributed by atoms with Crippen molar-refractivity contribution in [2.45, 2.75) is 63.5 Å². The number of hydrogen-bond acceptors (Lipinski definition) is 2. The molecule has 2 fully saturated rings. The summed E-state index contributed by atoms with van der Waals surface area (Å²) in [6.45, 7) is 0. The summed E-state index contributed by atoms with van der Waals surface area (Å²) in [4.78, 5) is 14.1. The zero-order chi connectivity index (χ0) is 11.5. The van der Waals surface area contributed by atoms with Crippen LogP contribution in [0.3, 0.4) is 0 Å². The monoisotopic (exact) mass is 224 g/mol. The van der Waals surface area contributed by atoms with E-state index in [4.69, 9.17) is 5.73 Å². The first-order valence-electron chi connectivity index (χ1n) is 6.69. The minimum atomic E-state index is 0.265. The van der Waals surface area contributed by atoms with E-state index in [0.717, 1.165) is 12.8 Å². The van der Waals surface area contributed by atoms with Gasteiger partial charge in [0, 0.05) is 25.6 Å². The zero-order valence-corrected chi connectivity index (χ0v) is 10.3. The van der Waals surface area contributed by atoms with Gasteiger partial charge in [0.15, 0.2) is 0 Å². The molecule has 2 N–H and O–H groups in total. The highest BCUT2D eigenvalue weighted by Gasteiger charge is 2.29. The second-order valence-corrected chi connectivity index (χ2v) is 5.50. The average molecular weight is 224 g/mol. The van der Waals surface area contributed by atoms with Crippen LogP contribution in [0.4, 0.5) is 0 Å². The zero-order valence-electron chi connectivity index (χ0n) is 10.3. The van der Waals surface area contributed by atoms with Crippen molar-refractivity contribution in [3.63, 3.8) is 0 Å². The molecule has 0 saturated heterocycles. The van der Waals surface area contributed by atoms with Crippen molar-refractivity contribution in [2.24, 2.45) is 11.7 Å². The van der Waals surface area contributed by atoms with E-state index in [1.165, 1.54) is 32.1 Å². The Morgan fingerprint density at radius 2 is 1.88 bits per heavy atom. The van der Waals surface area contributed by atoms with Gasteiger partial charge in [-0.05, 0) is 31.6 Å². The van der Waals surface area contributed by atoms with Crippen LogP contribution in [0.25, 0.3) is 0 Å². The molecule has 0 bridgehead atoms. The first-order chi connectivity index (χ1) is 7.68. The smallest absolute Gasteiger partial charge is 0.222 e. The summed E-state index contributed by atoms with van der Waals surface area (Å²) in [6, 6.07) is 0.769. The van der Waals surface area contributed by atoms with Crippen molar-refractivity contribution < 1.29 is 4.79 Å². The van der Waals surface area contributed by atoms with Gasteiger partial charge in [-0.15, -0.1) is 0 Å². The molecule has 3 heteroatoms. The van der Waals surface area contributed by atoms with Crippen LogP contribution in [-0.2, 0) is 4.79 Å². The number of rotatable bonds is 3. The summed E-state index contributed by atoms with van der Waals surface area (Å²) in [5.41, 5.74) is 6.01. The highest BCUT2D eigenvalue weighted by molar-refractivity contribution is 5.76. The Kier molecular flexibility index (Phi) is 3.85. The second-order valence-electron chi connectivity index (χ2n) is 5.50. The third-order valence-corrected chi connectivity index (χ3v) is 4.42. The van der Waals surface area contributed by atoms with Crippen LogP contribution in [0.2, 0.25) is 0 Å². The van der Waals surface area contributed by atoms with Crippen molar-refractivity contribution >= 4 is 5.91 Å². The van der Waals surface area contributed by atoms with Gasteiger partial charge in [-0.25, -0.2) is 0 Å². The van der Waals surface area contributed by atoms with Gasteiger partial charge in [0.1, 0.15) is 0 Å². The minimum absolute atomic E-state index is 0.265. The van der Waals surface area contributed by atoms with Crippen LogP contribution in [0.1, 0.15) is 51.4 Å². The van der Waals surface area contributed by atoms with E-state index in [1.807, 2.05) is 11.9 Å². The van der Waals surface area contributed by atoms with Crippen molar-refractivity contribution in [1.29, 1.82) is 0 Å². The van der Waals surface area contributed by atoms with Crippen molar-refractivity contribution in [3.05, 3.63) is 0 Å². The topological polar surface area (TPSA) is 46.3 Å². The fourth-order valence-electron chi connectivity index (χ4n) is 3.18. The highest BCUT2D eigenvalue weighted by Crippen LogP contribution is 2.29. The van der Waals surface area contributed by atoms with E-state index in [0.29, 0.717) is 24.3 Å². The van der Waals surface area contributed by atoms with Crippen LogP contribution in [-0.4, -0.2) is 29.9 Å². The van der Waals surface area contributed by atoms with Crippen LogP contribution in [0, 0.1) is 5.92 Å². The number of carbonyl (C=O) groups excluding carboxylic acids is 1. The predicted octanol–water partition coefficient (Wildman–Crippen LogP) is 1.90. The minimum Gasteiger partial charge on any atom is -0.343 e. The molecule has 0 aromatic rings. The summed E-state index contributed by atoms with van der Waals surface area (Å²) in [5.74, 6) is 0.755. The van der Waals surface area contributed by atoms with Gasteiger partial charge in [-0.2, -0.15) is 0 Å². The fraction of sp³-hybridized carbons (Fsp3) is 0.923. The van der Waals surface area contributed by atoms with Gasteiger partial charge in [-0.3, -0.25) is 4.79 Å². The fourth-order valence-corrected chi connectivity index (χ4v) is 3.18. The van der Waals surface area contributed by atoms with Gasteiger partial charge >= 0.3 is 0 Å². The lowest BCUT2D eigenvalue weighted by Crippen LogP contribution is -2.38. The molecule has 1 amide bonds. The normalized spacial score (nSPS) is 30.9. The first-order valence-corrected chi connectivity index (χ1v) is 6.69.